The second kappa shape index (κ2) is 5.97. The Balaban J connectivity index is 2.40. The molecule has 0 unspecified atom stereocenters. The summed E-state index contributed by atoms with van der Waals surface area (Å²) < 4.78 is 4.73. The second-order valence-corrected chi connectivity index (χ2v) is 3.22. The van der Waals surface area contributed by atoms with Crippen molar-refractivity contribution in [1.82, 2.24) is 5.32 Å². The Hall–Kier alpha value is -1.75. The summed E-state index contributed by atoms with van der Waals surface area (Å²) in [6, 6.07) is 4.31. The SMILES string of the molecule is CCOC(=O)CNCc1ccc(O)cc1O. The van der Waals surface area contributed by atoms with Crippen molar-refractivity contribution >= 4 is 5.97 Å². The summed E-state index contributed by atoms with van der Waals surface area (Å²) in [5.74, 6) is -0.330. The summed E-state index contributed by atoms with van der Waals surface area (Å²) in [7, 11) is 0. The van der Waals surface area contributed by atoms with Crippen molar-refractivity contribution < 1.29 is 19.7 Å². The van der Waals surface area contributed by atoms with Crippen molar-refractivity contribution in [2.75, 3.05) is 13.2 Å². The van der Waals surface area contributed by atoms with Crippen molar-refractivity contribution in [3.63, 3.8) is 0 Å². The Kier molecular flexibility index (Phi) is 4.60. The lowest BCUT2D eigenvalue weighted by Crippen LogP contribution is -2.24. The summed E-state index contributed by atoms with van der Waals surface area (Å²) in [5, 5.41) is 21.3. The van der Waals surface area contributed by atoms with Gasteiger partial charge in [-0.15, -0.1) is 0 Å². The van der Waals surface area contributed by atoms with Crippen molar-refractivity contribution in [2.24, 2.45) is 0 Å². The maximum atomic E-state index is 11.0. The number of aromatic hydroxyl groups is 2. The van der Waals surface area contributed by atoms with Crippen LogP contribution in [0.4, 0.5) is 0 Å². The molecule has 0 spiro atoms. The first-order chi connectivity index (χ1) is 7.63. The molecule has 0 fully saturated rings. The second-order valence-electron chi connectivity index (χ2n) is 3.22. The first kappa shape index (κ1) is 12.3. The predicted molar refractivity (Wildman–Crippen MR) is 58.1 cm³/mol. The summed E-state index contributed by atoms with van der Waals surface area (Å²) in [6.45, 7) is 2.52. The fourth-order valence-corrected chi connectivity index (χ4v) is 1.21. The number of nitrogens with one attached hydrogen (secondary N) is 1. The van der Waals surface area contributed by atoms with Gasteiger partial charge in [0.15, 0.2) is 0 Å². The van der Waals surface area contributed by atoms with E-state index in [0.717, 1.165) is 0 Å². The van der Waals surface area contributed by atoms with Gasteiger partial charge in [-0.05, 0) is 13.0 Å². The molecule has 1 aromatic carbocycles. The van der Waals surface area contributed by atoms with Crippen LogP contribution >= 0.6 is 0 Å². The molecule has 3 N–H and O–H groups in total. The average molecular weight is 225 g/mol. The third-order valence-corrected chi connectivity index (χ3v) is 1.96. The van der Waals surface area contributed by atoms with E-state index in [1.54, 1.807) is 13.0 Å². The maximum Gasteiger partial charge on any atom is 0.319 e. The minimum absolute atomic E-state index is 0.00337. The molecule has 16 heavy (non-hydrogen) atoms. The van der Waals surface area contributed by atoms with Gasteiger partial charge >= 0.3 is 5.97 Å². The van der Waals surface area contributed by atoms with Crippen LogP contribution in [0.2, 0.25) is 0 Å². The van der Waals surface area contributed by atoms with Gasteiger partial charge in [0, 0.05) is 18.2 Å². The third-order valence-electron chi connectivity index (χ3n) is 1.96. The van der Waals surface area contributed by atoms with Crippen LogP contribution in [-0.2, 0) is 16.1 Å². The number of ether oxygens (including phenoxy) is 1. The van der Waals surface area contributed by atoms with E-state index in [1.165, 1.54) is 12.1 Å². The number of hydrogen-bond donors (Lipinski definition) is 3. The molecule has 88 valence electrons. The maximum absolute atomic E-state index is 11.0. The molecule has 0 amide bonds. The zero-order chi connectivity index (χ0) is 12.0. The molecule has 0 saturated carbocycles. The Morgan fingerprint density at radius 2 is 2.19 bits per heavy atom. The van der Waals surface area contributed by atoms with Crippen molar-refractivity contribution in [2.45, 2.75) is 13.5 Å². The molecule has 0 heterocycles. The zero-order valence-corrected chi connectivity index (χ0v) is 9.06. The van der Waals surface area contributed by atoms with Crippen LogP contribution in [0.25, 0.3) is 0 Å². The summed E-state index contributed by atoms with van der Waals surface area (Å²) >= 11 is 0. The van der Waals surface area contributed by atoms with E-state index in [4.69, 9.17) is 9.84 Å². The fraction of sp³-hybridized carbons (Fsp3) is 0.364. The highest BCUT2D eigenvalue weighted by molar-refractivity contribution is 5.71. The smallest absolute Gasteiger partial charge is 0.319 e. The van der Waals surface area contributed by atoms with Crippen LogP contribution in [0, 0.1) is 0 Å². The first-order valence-corrected chi connectivity index (χ1v) is 5.00. The molecule has 0 aliphatic carbocycles. The zero-order valence-electron chi connectivity index (χ0n) is 9.06. The number of phenolic OH excluding ortho intramolecular Hbond substituents is 2. The van der Waals surface area contributed by atoms with Gasteiger partial charge in [0.1, 0.15) is 11.5 Å². The first-order valence-electron chi connectivity index (χ1n) is 5.00. The number of benzene rings is 1. The Morgan fingerprint density at radius 1 is 1.44 bits per heavy atom. The summed E-state index contributed by atoms with van der Waals surface area (Å²) in [4.78, 5) is 11.0. The van der Waals surface area contributed by atoms with Gasteiger partial charge < -0.3 is 20.3 Å². The van der Waals surface area contributed by atoms with E-state index in [9.17, 15) is 9.90 Å². The molecule has 5 nitrogen and oxygen atoms in total. The average Bonchev–Trinajstić information content (AvgIpc) is 2.22. The van der Waals surface area contributed by atoms with E-state index >= 15 is 0 Å². The lowest BCUT2D eigenvalue weighted by atomic mass is 10.2. The largest absolute Gasteiger partial charge is 0.508 e. The lowest BCUT2D eigenvalue weighted by Gasteiger charge is -2.06. The van der Waals surface area contributed by atoms with E-state index in [1.807, 2.05) is 0 Å². The highest BCUT2D eigenvalue weighted by Gasteiger charge is 2.04. The van der Waals surface area contributed by atoms with Gasteiger partial charge in [0.2, 0.25) is 0 Å². The van der Waals surface area contributed by atoms with E-state index in [2.05, 4.69) is 5.32 Å². The highest BCUT2D eigenvalue weighted by atomic mass is 16.5. The monoisotopic (exact) mass is 225 g/mol. The molecular weight excluding hydrogens is 210 g/mol. The number of rotatable bonds is 5. The third kappa shape index (κ3) is 3.78. The van der Waals surface area contributed by atoms with Crippen LogP contribution in [-0.4, -0.2) is 29.3 Å². The van der Waals surface area contributed by atoms with Crippen LogP contribution in [0.5, 0.6) is 11.5 Å². The molecule has 0 radical (unpaired) electrons. The molecule has 0 saturated heterocycles. The Morgan fingerprint density at radius 3 is 2.81 bits per heavy atom. The molecule has 0 aliphatic heterocycles. The molecule has 0 aromatic heterocycles. The minimum atomic E-state index is -0.333. The molecule has 5 heteroatoms. The highest BCUT2D eigenvalue weighted by Crippen LogP contribution is 2.21. The van der Waals surface area contributed by atoms with E-state index < -0.39 is 0 Å². The van der Waals surface area contributed by atoms with Gasteiger partial charge in [-0.1, -0.05) is 6.07 Å². The summed E-state index contributed by atoms with van der Waals surface area (Å²) in [5.41, 5.74) is 0.613. The number of hydrogen-bond acceptors (Lipinski definition) is 5. The molecule has 0 bridgehead atoms. The topological polar surface area (TPSA) is 78.8 Å². The molecular formula is C11H15NO4. The minimum Gasteiger partial charge on any atom is -0.508 e. The lowest BCUT2D eigenvalue weighted by molar-refractivity contribution is -0.142. The van der Waals surface area contributed by atoms with Gasteiger partial charge in [-0.3, -0.25) is 4.79 Å². The number of carbonyl (C=O) groups is 1. The van der Waals surface area contributed by atoms with Gasteiger partial charge in [0.25, 0.3) is 0 Å². The number of esters is 1. The van der Waals surface area contributed by atoms with Gasteiger partial charge in [0.05, 0.1) is 13.2 Å². The van der Waals surface area contributed by atoms with Crippen LogP contribution in [0.1, 0.15) is 12.5 Å². The van der Waals surface area contributed by atoms with E-state index in [0.29, 0.717) is 18.7 Å². The van der Waals surface area contributed by atoms with Crippen LogP contribution in [0.3, 0.4) is 0 Å². The predicted octanol–water partition coefficient (Wildman–Crippen LogP) is 0.750. The standard InChI is InChI=1S/C11H15NO4/c1-2-16-11(15)7-12-6-8-3-4-9(13)5-10(8)14/h3-5,12-14H,2,6-7H2,1H3. The number of carbonyl (C=O) groups excluding carboxylic acids is 1. The molecule has 1 rings (SSSR count). The van der Waals surface area contributed by atoms with E-state index in [-0.39, 0.29) is 24.0 Å². The Bertz CT molecular complexity index is 365. The fourth-order valence-electron chi connectivity index (χ4n) is 1.21. The Labute approximate surface area is 93.7 Å². The van der Waals surface area contributed by atoms with Gasteiger partial charge in [-0.2, -0.15) is 0 Å². The van der Waals surface area contributed by atoms with Crippen LogP contribution < -0.4 is 5.32 Å². The van der Waals surface area contributed by atoms with Crippen molar-refractivity contribution in [1.29, 1.82) is 0 Å². The van der Waals surface area contributed by atoms with Gasteiger partial charge in [-0.25, -0.2) is 0 Å². The summed E-state index contributed by atoms with van der Waals surface area (Å²) in [6.07, 6.45) is 0. The van der Waals surface area contributed by atoms with Crippen LogP contribution in [0.15, 0.2) is 18.2 Å². The molecule has 0 atom stereocenters. The normalized spacial score (nSPS) is 10.1. The van der Waals surface area contributed by atoms with Crippen molar-refractivity contribution in [3.05, 3.63) is 23.8 Å². The quantitative estimate of drug-likeness (QED) is 0.644. The molecule has 1 aromatic rings. The van der Waals surface area contributed by atoms with Crippen molar-refractivity contribution in [3.8, 4) is 11.5 Å². The number of phenols is 2. The molecule has 0 aliphatic rings.